The van der Waals surface area contributed by atoms with E-state index in [4.69, 9.17) is 0 Å². The molecule has 4 nitrogen and oxygen atoms in total. The molecule has 0 N–H and O–H groups in total. The molecule has 0 radical (unpaired) electrons. The highest BCUT2D eigenvalue weighted by Gasteiger charge is 2.48. The quantitative estimate of drug-likeness (QED) is 0.657. The number of fused-ring (bicyclic) bond motifs is 4. The van der Waals surface area contributed by atoms with Crippen molar-refractivity contribution in [1.29, 1.82) is 0 Å². The first-order valence-corrected chi connectivity index (χ1v) is 12.7. The topological polar surface area (TPSA) is 46.6 Å². The van der Waals surface area contributed by atoms with Crippen LogP contribution in [-0.2, 0) is 12.8 Å². The molecule has 4 heteroatoms. The van der Waals surface area contributed by atoms with Gasteiger partial charge in [-0.1, -0.05) is 70.2 Å². The van der Waals surface area contributed by atoms with Gasteiger partial charge in [-0.2, -0.15) is 0 Å². The van der Waals surface area contributed by atoms with Crippen molar-refractivity contribution in [3.8, 4) is 11.1 Å². The number of benzene rings is 2. The molecule has 33 heavy (non-hydrogen) atoms. The zero-order chi connectivity index (χ0) is 23.3. The minimum absolute atomic E-state index is 0.0425. The third-order valence-electron chi connectivity index (χ3n) is 8.22. The van der Waals surface area contributed by atoms with E-state index >= 15 is 0 Å². The summed E-state index contributed by atoms with van der Waals surface area (Å²) in [5.41, 5.74) is 6.10. The van der Waals surface area contributed by atoms with Gasteiger partial charge in [0.1, 0.15) is 6.09 Å². The number of amides is 1. The number of carbonyl (C=O) groups excluding carboxylic acids is 1. The molecule has 3 fully saturated rings. The molecule has 0 saturated carbocycles. The van der Waals surface area contributed by atoms with Crippen LogP contribution in [0.5, 0.6) is 0 Å². The van der Waals surface area contributed by atoms with Crippen LogP contribution < -0.4 is 5.11 Å². The molecular weight excluding hydrogens is 408 g/mol. The Bertz CT molecular complexity index is 1020. The standard InChI is InChI=1S/C29H38N2O2/c1-19(2)15-20-5-7-21(8-6-20)23-9-10-25-24(16-23)17-29(3,4)27(25)31(28(32)33)26-18-30-13-11-22(26)12-14-30/h5-10,16,19,22,26-27H,11-15,17-18H2,1-4H3,(H,32,33)/p-1/t26-,27+/m1/s1. The van der Waals surface area contributed by atoms with E-state index in [-0.39, 0.29) is 17.5 Å². The zero-order valence-corrected chi connectivity index (χ0v) is 20.5. The summed E-state index contributed by atoms with van der Waals surface area (Å²) < 4.78 is 0. The van der Waals surface area contributed by atoms with Crippen molar-refractivity contribution < 1.29 is 9.90 Å². The van der Waals surface area contributed by atoms with Gasteiger partial charge in [-0.3, -0.25) is 0 Å². The second-order valence-electron chi connectivity index (χ2n) is 11.7. The summed E-state index contributed by atoms with van der Waals surface area (Å²) in [6.45, 7) is 12.0. The maximum atomic E-state index is 12.6. The average molecular weight is 446 g/mol. The maximum absolute atomic E-state index is 12.6. The predicted molar refractivity (Wildman–Crippen MR) is 131 cm³/mol. The lowest BCUT2D eigenvalue weighted by molar-refractivity contribution is -0.276. The minimum atomic E-state index is -1.01. The van der Waals surface area contributed by atoms with Crippen molar-refractivity contribution in [2.45, 2.75) is 65.5 Å². The minimum Gasteiger partial charge on any atom is -0.530 e. The van der Waals surface area contributed by atoms with Crippen LogP contribution >= 0.6 is 0 Å². The Labute approximate surface area is 198 Å². The smallest absolute Gasteiger partial charge is 0.137 e. The fourth-order valence-corrected chi connectivity index (χ4v) is 6.73. The van der Waals surface area contributed by atoms with Gasteiger partial charge >= 0.3 is 0 Å². The maximum Gasteiger partial charge on any atom is 0.137 e. The fraction of sp³-hybridized carbons (Fsp3) is 0.552. The number of carbonyl (C=O) groups is 1. The Morgan fingerprint density at radius 3 is 2.33 bits per heavy atom. The number of piperidine rings is 3. The Morgan fingerprint density at radius 1 is 1.09 bits per heavy atom. The fourth-order valence-electron chi connectivity index (χ4n) is 6.73. The second-order valence-corrected chi connectivity index (χ2v) is 11.7. The monoisotopic (exact) mass is 445 g/mol. The molecule has 2 atom stereocenters. The summed E-state index contributed by atoms with van der Waals surface area (Å²) in [5.74, 6) is 1.11. The summed E-state index contributed by atoms with van der Waals surface area (Å²) in [7, 11) is 0. The average Bonchev–Trinajstić information content (AvgIpc) is 3.04. The Kier molecular flexibility index (Phi) is 5.76. The van der Waals surface area contributed by atoms with Gasteiger partial charge in [-0.15, -0.1) is 0 Å². The lowest BCUT2D eigenvalue weighted by Gasteiger charge is -2.53. The van der Waals surface area contributed by atoms with E-state index in [1.54, 1.807) is 4.90 Å². The first kappa shape index (κ1) is 22.5. The summed E-state index contributed by atoms with van der Waals surface area (Å²) in [6, 6.07) is 15.5. The van der Waals surface area contributed by atoms with Crippen LogP contribution in [0.4, 0.5) is 4.79 Å². The first-order chi connectivity index (χ1) is 15.7. The molecule has 2 aromatic rings. The van der Waals surface area contributed by atoms with Gasteiger partial charge in [-0.25, -0.2) is 0 Å². The van der Waals surface area contributed by atoms with E-state index in [0.29, 0.717) is 11.8 Å². The predicted octanol–water partition coefficient (Wildman–Crippen LogP) is 4.92. The Morgan fingerprint density at radius 2 is 1.76 bits per heavy atom. The highest BCUT2D eigenvalue weighted by atomic mass is 16.4. The van der Waals surface area contributed by atoms with Gasteiger partial charge in [0.2, 0.25) is 0 Å². The lowest BCUT2D eigenvalue weighted by atomic mass is 9.79. The molecule has 2 aromatic carbocycles. The van der Waals surface area contributed by atoms with Crippen molar-refractivity contribution in [1.82, 2.24) is 9.80 Å². The van der Waals surface area contributed by atoms with Crippen molar-refractivity contribution in [3.63, 3.8) is 0 Å². The van der Waals surface area contributed by atoms with Crippen molar-refractivity contribution in [2.24, 2.45) is 17.3 Å². The molecule has 6 rings (SSSR count). The molecule has 0 spiro atoms. The first-order valence-electron chi connectivity index (χ1n) is 12.7. The van der Waals surface area contributed by atoms with Crippen molar-refractivity contribution >= 4 is 6.09 Å². The molecule has 1 amide bonds. The summed E-state index contributed by atoms with van der Waals surface area (Å²) >= 11 is 0. The summed E-state index contributed by atoms with van der Waals surface area (Å²) in [4.78, 5) is 16.7. The van der Waals surface area contributed by atoms with E-state index in [1.807, 2.05) is 0 Å². The highest BCUT2D eigenvalue weighted by molar-refractivity contribution is 5.68. The number of hydrogen-bond acceptors (Lipinski definition) is 3. The number of nitrogens with zero attached hydrogens (tertiary/aromatic N) is 2. The van der Waals surface area contributed by atoms with Crippen LogP contribution in [0.25, 0.3) is 11.1 Å². The molecule has 0 aromatic heterocycles. The van der Waals surface area contributed by atoms with Gasteiger partial charge < -0.3 is 19.7 Å². The third-order valence-corrected chi connectivity index (χ3v) is 8.22. The van der Waals surface area contributed by atoms with Crippen LogP contribution in [0.1, 0.15) is 63.3 Å². The van der Waals surface area contributed by atoms with E-state index in [2.05, 4.69) is 75.1 Å². The van der Waals surface area contributed by atoms with Crippen LogP contribution in [-0.4, -0.2) is 41.6 Å². The number of rotatable bonds is 5. The molecule has 0 unspecified atom stereocenters. The molecule has 2 bridgehead atoms. The van der Waals surface area contributed by atoms with E-state index in [1.165, 1.54) is 27.8 Å². The van der Waals surface area contributed by atoms with Gasteiger partial charge in [0.05, 0.1) is 6.04 Å². The SMILES string of the molecule is CC(C)Cc1ccc(-c2ccc3c(c2)CC(C)(C)[C@H]3N(C(=O)[O-])[C@@H]2CN3CCC2CC3)cc1. The Hall–Kier alpha value is -2.33. The Balaban J connectivity index is 1.46. The molecule has 4 aliphatic rings. The summed E-state index contributed by atoms with van der Waals surface area (Å²) in [5, 5.41) is 12.6. The van der Waals surface area contributed by atoms with Gasteiger partial charge in [0.25, 0.3) is 0 Å². The van der Waals surface area contributed by atoms with Crippen LogP contribution in [0.3, 0.4) is 0 Å². The second kappa shape index (κ2) is 8.47. The lowest BCUT2D eigenvalue weighted by Crippen LogP contribution is -2.62. The van der Waals surface area contributed by atoms with Crippen LogP contribution in [0.15, 0.2) is 42.5 Å². The van der Waals surface area contributed by atoms with Gasteiger partial charge in [0.15, 0.2) is 0 Å². The molecule has 1 aliphatic carbocycles. The molecule has 176 valence electrons. The number of hydrogen-bond donors (Lipinski definition) is 0. The van der Waals surface area contributed by atoms with Gasteiger partial charge in [-0.05, 0) is 83.8 Å². The molecule has 3 aliphatic heterocycles. The number of carboxylic acid groups (broad SMARTS) is 1. The van der Waals surface area contributed by atoms with Crippen LogP contribution in [0, 0.1) is 17.3 Å². The zero-order valence-electron chi connectivity index (χ0n) is 20.5. The summed E-state index contributed by atoms with van der Waals surface area (Å²) in [6.07, 6.45) is 3.17. The van der Waals surface area contributed by atoms with E-state index in [0.717, 1.165) is 45.3 Å². The van der Waals surface area contributed by atoms with Crippen molar-refractivity contribution in [2.75, 3.05) is 19.6 Å². The highest BCUT2D eigenvalue weighted by Crippen LogP contribution is 2.51. The molecular formula is C29H37N2O2-. The van der Waals surface area contributed by atoms with Crippen molar-refractivity contribution in [3.05, 3.63) is 59.2 Å². The molecule has 3 heterocycles. The third kappa shape index (κ3) is 4.19. The largest absolute Gasteiger partial charge is 0.530 e. The normalized spacial score (nSPS) is 27.5. The van der Waals surface area contributed by atoms with Crippen LogP contribution in [0.2, 0.25) is 0 Å². The molecule has 3 saturated heterocycles. The van der Waals surface area contributed by atoms with E-state index < -0.39 is 6.09 Å². The van der Waals surface area contributed by atoms with E-state index in [9.17, 15) is 9.90 Å². The van der Waals surface area contributed by atoms with Gasteiger partial charge in [0, 0.05) is 12.6 Å².